The van der Waals surface area contributed by atoms with Gasteiger partial charge in [0.1, 0.15) is 5.75 Å². The molecule has 3 N–H and O–H groups in total. The number of amides is 1. The number of hydrogen-bond acceptors (Lipinski definition) is 5. The summed E-state index contributed by atoms with van der Waals surface area (Å²) in [6, 6.07) is 3.13. The van der Waals surface area contributed by atoms with E-state index in [9.17, 15) is 19.3 Å². The third-order valence-electron chi connectivity index (χ3n) is 3.81. The monoisotopic (exact) mass is 311 g/mol. The van der Waals surface area contributed by atoms with Gasteiger partial charge >= 0.3 is 5.69 Å². The maximum Gasteiger partial charge on any atom is 0.305 e. The van der Waals surface area contributed by atoms with Gasteiger partial charge in [-0.3, -0.25) is 14.9 Å². The quantitative estimate of drug-likeness (QED) is 0.584. The lowest BCUT2D eigenvalue weighted by Gasteiger charge is -2.29. The molecule has 0 saturated heterocycles. The molecule has 7 nitrogen and oxygen atoms in total. The van der Waals surface area contributed by atoms with Crippen molar-refractivity contribution in [2.24, 2.45) is 11.7 Å². The van der Waals surface area contributed by atoms with Crippen LogP contribution in [-0.2, 0) is 4.79 Å². The zero-order valence-corrected chi connectivity index (χ0v) is 12.2. The number of hydrogen-bond donors (Lipinski definition) is 2. The first-order valence-corrected chi connectivity index (χ1v) is 6.93. The lowest BCUT2D eigenvalue weighted by atomic mass is 9.96. The maximum atomic E-state index is 13.4. The van der Waals surface area contributed by atoms with Crippen LogP contribution in [0.4, 0.5) is 10.1 Å². The van der Waals surface area contributed by atoms with Crippen LogP contribution in [0.2, 0.25) is 0 Å². The van der Waals surface area contributed by atoms with Gasteiger partial charge in [-0.05, 0) is 31.7 Å². The molecule has 1 aliphatic rings. The average molecular weight is 311 g/mol. The SMILES string of the molecule is CC(CN)(NC(=O)COc1ccc([N+](=O)[O-])c(F)c1)C1CC1. The van der Waals surface area contributed by atoms with Crippen molar-refractivity contribution in [2.45, 2.75) is 25.3 Å². The summed E-state index contributed by atoms with van der Waals surface area (Å²) >= 11 is 0. The number of nitro groups is 1. The highest BCUT2D eigenvalue weighted by Crippen LogP contribution is 2.38. The number of nitrogens with one attached hydrogen (secondary N) is 1. The summed E-state index contributed by atoms with van der Waals surface area (Å²) in [5.74, 6) is -0.941. The summed E-state index contributed by atoms with van der Waals surface area (Å²) in [6.07, 6.45) is 2.06. The Balaban J connectivity index is 1.91. The van der Waals surface area contributed by atoms with Crippen molar-refractivity contribution in [1.29, 1.82) is 0 Å². The van der Waals surface area contributed by atoms with Crippen molar-refractivity contribution >= 4 is 11.6 Å². The Bertz CT molecular complexity index is 591. The molecule has 22 heavy (non-hydrogen) atoms. The summed E-state index contributed by atoms with van der Waals surface area (Å²) in [4.78, 5) is 21.6. The second kappa shape index (κ2) is 6.27. The summed E-state index contributed by atoms with van der Waals surface area (Å²) < 4.78 is 18.6. The molecule has 1 amide bonds. The van der Waals surface area contributed by atoms with Crippen LogP contribution >= 0.6 is 0 Å². The van der Waals surface area contributed by atoms with Gasteiger partial charge in [-0.15, -0.1) is 0 Å². The lowest BCUT2D eigenvalue weighted by molar-refractivity contribution is -0.387. The molecule has 1 aromatic carbocycles. The van der Waals surface area contributed by atoms with Gasteiger partial charge in [-0.2, -0.15) is 4.39 Å². The van der Waals surface area contributed by atoms with Crippen molar-refractivity contribution < 1.29 is 18.8 Å². The molecule has 0 spiro atoms. The van der Waals surface area contributed by atoms with Crippen molar-refractivity contribution in [3.63, 3.8) is 0 Å². The topological polar surface area (TPSA) is 107 Å². The first kappa shape index (κ1) is 16.2. The molecular weight excluding hydrogens is 293 g/mol. The number of nitrogens with two attached hydrogens (primary N) is 1. The Morgan fingerprint density at radius 1 is 1.59 bits per heavy atom. The number of nitrogens with zero attached hydrogens (tertiary/aromatic N) is 1. The molecule has 8 heteroatoms. The average Bonchev–Trinajstić information content (AvgIpc) is 3.29. The molecule has 1 aliphatic carbocycles. The molecular formula is C14H18FN3O4. The van der Waals surface area contributed by atoms with Crippen LogP contribution in [0.3, 0.4) is 0 Å². The normalized spacial score (nSPS) is 16.7. The lowest BCUT2D eigenvalue weighted by Crippen LogP contribution is -2.54. The van der Waals surface area contributed by atoms with Gasteiger partial charge in [0.25, 0.3) is 5.91 Å². The van der Waals surface area contributed by atoms with Crippen LogP contribution in [0.15, 0.2) is 18.2 Å². The van der Waals surface area contributed by atoms with E-state index in [1.165, 1.54) is 6.07 Å². The van der Waals surface area contributed by atoms with E-state index >= 15 is 0 Å². The van der Waals surface area contributed by atoms with Crippen molar-refractivity contribution in [3.05, 3.63) is 34.1 Å². The van der Waals surface area contributed by atoms with Gasteiger partial charge in [-0.25, -0.2) is 0 Å². The number of carbonyl (C=O) groups is 1. The predicted octanol–water partition coefficient (Wildman–Crippen LogP) is 1.36. The van der Waals surface area contributed by atoms with Crippen LogP contribution < -0.4 is 15.8 Å². The van der Waals surface area contributed by atoms with Gasteiger partial charge in [0.2, 0.25) is 5.82 Å². The van der Waals surface area contributed by atoms with Crippen LogP contribution in [0.1, 0.15) is 19.8 Å². The molecule has 1 atom stereocenters. The highest BCUT2D eigenvalue weighted by Gasteiger charge is 2.41. The Morgan fingerprint density at radius 3 is 2.77 bits per heavy atom. The molecule has 1 unspecified atom stereocenters. The second-order valence-electron chi connectivity index (χ2n) is 5.60. The van der Waals surface area contributed by atoms with Crippen molar-refractivity contribution in [1.82, 2.24) is 5.32 Å². The van der Waals surface area contributed by atoms with Crippen LogP contribution in [-0.4, -0.2) is 29.5 Å². The summed E-state index contributed by atoms with van der Waals surface area (Å²) in [5, 5.41) is 13.3. The smallest absolute Gasteiger partial charge is 0.305 e. The van der Waals surface area contributed by atoms with E-state index in [1.807, 2.05) is 6.92 Å². The number of rotatable bonds is 7. The summed E-state index contributed by atoms with van der Waals surface area (Å²) in [7, 11) is 0. The Kier molecular flexibility index (Phi) is 4.60. The van der Waals surface area contributed by atoms with Crippen LogP contribution in [0.5, 0.6) is 5.75 Å². The first-order chi connectivity index (χ1) is 10.4. The molecule has 1 aromatic rings. The van der Waals surface area contributed by atoms with Crippen molar-refractivity contribution in [3.8, 4) is 5.75 Å². The van der Waals surface area contributed by atoms with Gasteiger partial charge in [0.15, 0.2) is 6.61 Å². The fourth-order valence-corrected chi connectivity index (χ4v) is 2.27. The third-order valence-corrected chi connectivity index (χ3v) is 3.81. The fraction of sp³-hybridized carbons (Fsp3) is 0.500. The summed E-state index contributed by atoms with van der Waals surface area (Å²) in [5.41, 5.74) is 4.60. The van der Waals surface area contributed by atoms with Gasteiger partial charge in [0, 0.05) is 18.7 Å². The largest absolute Gasteiger partial charge is 0.484 e. The Hall–Kier alpha value is -2.22. The van der Waals surface area contributed by atoms with E-state index in [-0.39, 0.29) is 18.3 Å². The molecule has 0 aromatic heterocycles. The molecule has 120 valence electrons. The number of carbonyl (C=O) groups excluding carboxylic acids is 1. The minimum atomic E-state index is -1.01. The van der Waals surface area contributed by atoms with Gasteiger partial charge < -0.3 is 15.8 Å². The Labute approximate surface area is 126 Å². The van der Waals surface area contributed by atoms with E-state index in [1.54, 1.807) is 0 Å². The number of nitro benzene ring substituents is 1. The van der Waals surface area contributed by atoms with E-state index in [0.29, 0.717) is 12.5 Å². The predicted molar refractivity (Wildman–Crippen MR) is 76.9 cm³/mol. The zero-order chi connectivity index (χ0) is 16.3. The highest BCUT2D eigenvalue weighted by molar-refractivity contribution is 5.78. The molecule has 0 bridgehead atoms. The number of halogens is 1. The van der Waals surface area contributed by atoms with Crippen molar-refractivity contribution in [2.75, 3.05) is 13.2 Å². The fourth-order valence-electron chi connectivity index (χ4n) is 2.27. The van der Waals surface area contributed by atoms with Gasteiger partial charge in [-0.1, -0.05) is 0 Å². The molecule has 0 heterocycles. The summed E-state index contributed by atoms with van der Waals surface area (Å²) in [6.45, 7) is 1.91. The van der Waals surface area contributed by atoms with E-state index < -0.39 is 22.0 Å². The van der Waals surface area contributed by atoms with E-state index in [4.69, 9.17) is 10.5 Å². The molecule has 0 aliphatic heterocycles. The first-order valence-electron chi connectivity index (χ1n) is 6.93. The molecule has 0 radical (unpaired) electrons. The number of ether oxygens (including phenoxy) is 1. The van der Waals surface area contributed by atoms with E-state index in [2.05, 4.69) is 5.32 Å². The van der Waals surface area contributed by atoms with Crippen LogP contribution in [0, 0.1) is 21.8 Å². The van der Waals surface area contributed by atoms with Crippen LogP contribution in [0.25, 0.3) is 0 Å². The second-order valence-corrected chi connectivity index (χ2v) is 5.60. The zero-order valence-electron chi connectivity index (χ0n) is 12.2. The minimum Gasteiger partial charge on any atom is -0.484 e. The molecule has 2 rings (SSSR count). The number of benzene rings is 1. The Morgan fingerprint density at radius 2 is 2.27 bits per heavy atom. The molecule has 1 saturated carbocycles. The highest BCUT2D eigenvalue weighted by atomic mass is 19.1. The van der Waals surface area contributed by atoms with E-state index in [0.717, 1.165) is 25.0 Å². The maximum absolute atomic E-state index is 13.4. The van der Waals surface area contributed by atoms with Gasteiger partial charge in [0.05, 0.1) is 10.5 Å². The minimum absolute atomic E-state index is 0.0547. The standard InChI is InChI=1S/C14H18FN3O4/c1-14(8-16,9-2-3-9)17-13(19)7-22-10-4-5-12(18(20)21)11(15)6-10/h4-6,9H,2-3,7-8,16H2,1H3,(H,17,19). The molecule has 1 fully saturated rings. The third kappa shape index (κ3) is 3.70.